The molecule has 0 saturated heterocycles. The molecule has 8 nitrogen and oxygen atoms in total. The van der Waals surface area contributed by atoms with Crippen LogP contribution < -0.4 is 19.3 Å². The van der Waals surface area contributed by atoms with Crippen LogP contribution in [0.4, 0.5) is 20.2 Å². The number of pyridine rings is 1. The zero-order valence-corrected chi connectivity index (χ0v) is 22.3. The number of alkyl halides is 1. The van der Waals surface area contributed by atoms with E-state index in [9.17, 15) is 8.42 Å². The smallest absolute Gasteiger partial charge is 0.269 e. The Hall–Kier alpha value is -3.83. The van der Waals surface area contributed by atoms with Gasteiger partial charge in [-0.2, -0.15) is 0 Å². The van der Waals surface area contributed by atoms with Crippen LogP contribution in [0.5, 0.6) is 11.5 Å². The molecule has 0 spiro atoms. The quantitative estimate of drug-likeness (QED) is 0.299. The van der Waals surface area contributed by atoms with Crippen LogP contribution in [0.1, 0.15) is 11.3 Å². The van der Waals surface area contributed by atoms with Crippen molar-refractivity contribution in [2.45, 2.75) is 17.3 Å². The van der Waals surface area contributed by atoms with Crippen LogP contribution in [0.3, 0.4) is 0 Å². The first-order valence-electron chi connectivity index (χ1n) is 11.3. The van der Waals surface area contributed by atoms with E-state index in [0.717, 1.165) is 10.0 Å². The SMILES string of the molecule is C=C1N(C)c2c(cnc3c2cc(CCl)n3S(=O)(=O)c2ccccc2)CN1c1c(F)c(OC)cc(OC)c1F. The van der Waals surface area contributed by atoms with Gasteiger partial charge in [-0.1, -0.05) is 24.8 Å². The monoisotopic (exact) mass is 560 g/mol. The number of hydrogen-bond donors (Lipinski definition) is 0. The Morgan fingerprint density at radius 2 is 1.68 bits per heavy atom. The molecule has 1 aliphatic rings. The van der Waals surface area contributed by atoms with E-state index in [4.69, 9.17) is 21.1 Å². The molecule has 38 heavy (non-hydrogen) atoms. The standard InChI is InChI=1S/C26H23ClF2N4O4S/c1-15-31(2)24-16(14-32(15)25-22(28)20(36-3)11-21(37-4)23(25)29)13-30-26-19(24)10-17(12-27)33(26)38(34,35)18-8-6-5-7-9-18/h5-11,13H,1,12,14H2,2-4H3. The first kappa shape index (κ1) is 25.8. The molecule has 0 N–H and O–H groups in total. The van der Waals surface area contributed by atoms with Gasteiger partial charge in [-0.05, 0) is 18.2 Å². The second-order valence-electron chi connectivity index (χ2n) is 8.54. The van der Waals surface area contributed by atoms with Gasteiger partial charge in [0.25, 0.3) is 10.0 Å². The van der Waals surface area contributed by atoms with Gasteiger partial charge in [0, 0.05) is 30.3 Å². The molecule has 0 fully saturated rings. The average molecular weight is 561 g/mol. The molecule has 1 aliphatic heterocycles. The van der Waals surface area contributed by atoms with Crippen molar-refractivity contribution in [3.63, 3.8) is 0 Å². The summed E-state index contributed by atoms with van der Waals surface area (Å²) < 4.78 is 69.1. The Kier molecular flexibility index (Phi) is 6.44. The summed E-state index contributed by atoms with van der Waals surface area (Å²) in [6.45, 7) is 4.06. The maximum atomic E-state index is 15.3. The van der Waals surface area contributed by atoms with E-state index in [1.54, 1.807) is 36.2 Å². The molecule has 5 rings (SSSR count). The molecular weight excluding hydrogens is 538 g/mol. The van der Waals surface area contributed by atoms with Crippen LogP contribution in [-0.4, -0.2) is 38.6 Å². The second-order valence-corrected chi connectivity index (χ2v) is 10.6. The van der Waals surface area contributed by atoms with Crippen molar-refractivity contribution < 1.29 is 26.7 Å². The van der Waals surface area contributed by atoms with Crippen molar-refractivity contribution in [1.82, 2.24) is 8.96 Å². The summed E-state index contributed by atoms with van der Waals surface area (Å²) in [6, 6.07) is 10.8. The summed E-state index contributed by atoms with van der Waals surface area (Å²) in [5, 5.41) is 0.505. The molecule has 0 atom stereocenters. The summed E-state index contributed by atoms with van der Waals surface area (Å²) in [7, 11) is 0.205. The van der Waals surface area contributed by atoms with E-state index >= 15 is 8.78 Å². The lowest BCUT2D eigenvalue weighted by molar-refractivity contribution is 0.358. The van der Waals surface area contributed by atoms with Gasteiger partial charge in [-0.3, -0.25) is 0 Å². The zero-order valence-electron chi connectivity index (χ0n) is 20.7. The van der Waals surface area contributed by atoms with Crippen LogP contribution in [0.25, 0.3) is 11.0 Å². The van der Waals surface area contributed by atoms with Crippen LogP contribution >= 0.6 is 11.6 Å². The lowest BCUT2D eigenvalue weighted by atomic mass is 10.1. The molecule has 0 saturated carbocycles. The molecule has 3 heterocycles. The molecule has 0 unspecified atom stereocenters. The van der Waals surface area contributed by atoms with Crippen molar-refractivity contribution >= 4 is 44.0 Å². The third-order valence-corrected chi connectivity index (χ3v) is 8.54. The summed E-state index contributed by atoms with van der Waals surface area (Å²) in [6.07, 6.45) is 1.48. The molecule has 0 amide bonds. The van der Waals surface area contributed by atoms with Crippen LogP contribution in [0.2, 0.25) is 0 Å². The lowest BCUT2D eigenvalue weighted by Gasteiger charge is -2.39. The molecule has 198 valence electrons. The summed E-state index contributed by atoms with van der Waals surface area (Å²) in [4.78, 5) is 7.53. The average Bonchev–Trinajstić information content (AvgIpc) is 3.31. The number of benzene rings is 2. The number of anilines is 2. The third kappa shape index (κ3) is 3.76. The largest absolute Gasteiger partial charge is 0.493 e. The molecule has 0 bridgehead atoms. The third-order valence-electron chi connectivity index (χ3n) is 6.51. The van der Waals surface area contributed by atoms with Gasteiger partial charge in [0.15, 0.2) is 28.8 Å². The van der Waals surface area contributed by atoms with Gasteiger partial charge >= 0.3 is 0 Å². The first-order chi connectivity index (χ1) is 18.1. The highest BCUT2D eigenvalue weighted by molar-refractivity contribution is 7.90. The number of halogens is 3. The van der Waals surface area contributed by atoms with Crippen molar-refractivity contribution in [2.24, 2.45) is 0 Å². The Morgan fingerprint density at radius 1 is 1.05 bits per heavy atom. The molecule has 2 aromatic carbocycles. The fourth-order valence-electron chi connectivity index (χ4n) is 4.66. The predicted octanol–water partition coefficient (Wildman–Crippen LogP) is 5.24. The van der Waals surface area contributed by atoms with Crippen LogP contribution in [0, 0.1) is 11.6 Å². The summed E-state index contributed by atoms with van der Waals surface area (Å²) in [5.41, 5.74) is 1.29. The molecule has 12 heteroatoms. The Bertz CT molecular complexity index is 1660. The minimum absolute atomic E-state index is 0.00156. The maximum Gasteiger partial charge on any atom is 0.269 e. The lowest BCUT2D eigenvalue weighted by Crippen LogP contribution is -2.38. The Labute approximate surface area is 223 Å². The molecule has 4 aromatic rings. The summed E-state index contributed by atoms with van der Waals surface area (Å²) in [5.74, 6) is -2.06. The topological polar surface area (TPSA) is 76.9 Å². The highest BCUT2D eigenvalue weighted by Crippen LogP contribution is 2.44. The number of rotatable bonds is 6. The first-order valence-corrected chi connectivity index (χ1v) is 13.3. The van der Waals surface area contributed by atoms with E-state index < -0.39 is 27.3 Å². The number of hydrogen-bond acceptors (Lipinski definition) is 7. The number of fused-ring (bicyclic) bond motifs is 3. The van der Waals surface area contributed by atoms with Crippen molar-refractivity contribution in [1.29, 1.82) is 0 Å². The van der Waals surface area contributed by atoms with Gasteiger partial charge in [0.05, 0.1) is 42.9 Å². The Balaban J connectivity index is 1.70. The van der Waals surface area contributed by atoms with E-state index in [0.29, 0.717) is 22.3 Å². The predicted molar refractivity (Wildman–Crippen MR) is 142 cm³/mol. The van der Waals surface area contributed by atoms with Gasteiger partial charge in [0.1, 0.15) is 11.5 Å². The minimum Gasteiger partial charge on any atom is -0.493 e. The zero-order chi connectivity index (χ0) is 27.4. The molecule has 2 aromatic heterocycles. The molecule has 0 radical (unpaired) electrons. The molecule has 0 aliphatic carbocycles. The van der Waals surface area contributed by atoms with E-state index in [1.807, 2.05) is 0 Å². The Morgan fingerprint density at radius 3 is 2.26 bits per heavy atom. The maximum absolute atomic E-state index is 15.3. The fraction of sp³-hybridized carbons (Fsp3) is 0.192. The van der Waals surface area contributed by atoms with Gasteiger partial charge < -0.3 is 19.3 Å². The van der Waals surface area contributed by atoms with Gasteiger partial charge in [0.2, 0.25) is 0 Å². The highest BCUT2D eigenvalue weighted by Gasteiger charge is 2.34. The van der Waals surface area contributed by atoms with E-state index in [1.165, 1.54) is 37.4 Å². The number of ether oxygens (including phenoxy) is 2. The second kappa shape index (κ2) is 9.48. The van der Waals surface area contributed by atoms with Crippen molar-refractivity contribution in [2.75, 3.05) is 31.1 Å². The van der Waals surface area contributed by atoms with Crippen molar-refractivity contribution in [3.05, 3.63) is 84.0 Å². The minimum atomic E-state index is -4.01. The van der Waals surface area contributed by atoms with Crippen LogP contribution in [0.15, 0.2) is 66.0 Å². The van der Waals surface area contributed by atoms with E-state index in [2.05, 4.69) is 11.6 Å². The van der Waals surface area contributed by atoms with Crippen LogP contribution in [-0.2, 0) is 22.4 Å². The summed E-state index contributed by atoms with van der Waals surface area (Å²) >= 11 is 6.18. The highest BCUT2D eigenvalue weighted by atomic mass is 35.5. The van der Waals surface area contributed by atoms with Gasteiger partial charge in [-0.15, -0.1) is 11.6 Å². The normalized spacial score (nSPS) is 13.7. The number of aromatic nitrogens is 2. The number of nitrogens with zero attached hydrogens (tertiary/aromatic N) is 4. The molecular formula is C26H23ClF2N4O4S. The number of methoxy groups -OCH3 is 2. The van der Waals surface area contributed by atoms with Crippen molar-refractivity contribution in [3.8, 4) is 11.5 Å². The van der Waals surface area contributed by atoms with E-state index in [-0.39, 0.29) is 40.3 Å². The fourth-order valence-corrected chi connectivity index (χ4v) is 6.44. The van der Waals surface area contributed by atoms with Gasteiger partial charge in [-0.25, -0.2) is 26.2 Å².